The number of benzene rings is 1. The van der Waals surface area contributed by atoms with Crippen LogP contribution < -0.4 is 14.8 Å². The lowest BCUT2D eigenvalue weighted by Crippen LogP contribution is -2.34. The zero-order valence-electron chi connectivity index (χ0n) is 11.8. The number of hydrogen-bond donors (Lipinski definition) is 1. The fraction of sp³-hybridized carbons (Fsp3) is 0.600. The Morgan fingerprint density at radius 1 is 1.28 bits per heavy atom. The standard InChI is InChI=1S/C15H23NO2/c1-5-11-12(15(2)9-6-10-16-15)7-8-13(17-3)14(11)18-4/h7-8,16H,5-6,9-10H2,1-4H3. The summed E-state index contributed by atoms with van der Waals surface area (Å²) in [7, 11) is 3.40. The van der Waals surface area contributed by atoms with Gasteiger partial charge in [0.1, 0.15) is 0 Å². The van der Waals surface area contributed by atoms with Gasteiger partial charge in [-0.2, -0.15) is 0 Å². The molecule has 2 rings (SSSR count). The molecule has 3 nitrogen and oxygen atoms in total. The molecular weight excluding hydrogens is 226 g/mol. The van der Waals surface area contributed by atoms with Crippen molar-refractivity contribution < 1.29 is 9.47 Å². The lowest BCUT2D eigenvalue weighted by Gasteiger charge is -2.29. The van der Waals surface area contributed by atoms with Crippen molar-refractivity contribution in [2.75, 3.05) is 20.8 Å². The molecule has 1 heterocycles. The maximum absolute atomic E-state index is 5.55. The Labute approximate surface area is 109 Å². The van der Waals surface area contributed by atoms with E-state index in [0.29, 0.717) is 0 Å². The van der Waals surface area contributed by atoms with Crippen molar-refractivity contribution in [2.45, 2.75) is 38.6 Å². The molecule has 0 bridgehead atoms. The molecule has 1 unspecified atom stereocenters. The first-order valence-electron chi connectivity index (χ1n) is 6.65. The Morgan fingerprint density at radius 2 is 2.06 bits per heavy atom. The van der Waals surface area contributed by atoms with Crippen molar-refractivity contribution in [1.29, 1.82) is 0 Å². The van der Waals surface area contributed by atoms with E-state index in [4.69, 9.17) is 9.47 Å². The topological polar surface area (TPSA) is 30.5 Å². The predicted molar refractivity (Wildman–Crippen MR) is 73.5 cm³/mol. The van der Waals surface area contributed by atoms with E-state index < -0.39 is 0 Å². The largest absolute Gasteiger partial charge is 0.493 e. The molecule has 1 aromatic rings. The lowest BCUT2D eigenvalue weighted by atomic mass is 9.85. The van der Waals surface area contributed by atoms with E-state index in [1.165, 1.54) is 24.0 Å². The first-order valence-corrected chi connectivity index (χ1v) is 6.65. The number of nitrogens with one attached hydrogen (secondary N) is 1. The first kappa shape index (κ1) is 13.2. The highest BCUT2D eigenvalue weighted by atomic mass is 16.5. The van der Waals surface area contributed by atoms with Gasteiger partial charge in [-0.3, -0.25) is 0 Å². The second-order valence-electron chi connectivity index (χ2n) is 5.04. The van der Waals surface area contributed by atoms with Crippen LogP contribution in [0.15, 0.2) is 12.1 Å². The summed E-state index contributed by atoms with van der Waals surface area (Å²) in [5, 5.41) is 3.62. The second kappa shape index (κ2) is 5.19. The maximum Gasteiger partial charge on any atom is 0.164 e. The van der Waals surface area contributed by atoms with Gasteiger partial charge in [-0.1, -0.05) is 13.0 Å². The molecule has 18 heavy (non-hydrogen) atoms. The molecule has 0 saturated carbocycles. The summed E-state index contributed by atoms with van der Waals surface area (Å²) in [6.45, 7) is 5.54. The van der Waals surface area contributed by atoms with Gasteiger partial charge in [-0.25, -0.2) is 0 Å². The Hall–Kier alpha value is -1.22. The average molecular weight is 249 g/mol. The van der Waals surface area contributed by atoms with E-state index in [1.54, 1.807) is 14.2 Å². The molecule has 100 valence electrons. The third kappa shape index (κ3) is 2.07. The summed E-state index contributed by atoms with van der Waals surface area (Å²) in [6.07, 6.45) is 3.36. The zero-order chi connectivity index (χ0) is 13.2. The van der Waals surface area contributed by atoms with Gasteiger partial charge in [0.2, 0.25) is 0 Å². The summed E-state index contributed by atoms with van der Waals surface area (Å²) in [5.74, 6) is 1.70. The molecule has 0 aliphatic carbocycles. The highest BCUT2D eigenvalue weighted by Gasteiger charge is 2.33. The van der Waals surface area contributed by atoms with Crippen LogP contribution in [0.5, 0.6) is 11.5 Å². The molecule has 0 radical (unpaired) electrons. The van der Waals surface area contributed by atoms with Crippen LogP contribution in [0, 0.1) is 0 Å². The minimum atomic E-state index is 0.0743. The molecule has 1 atom stereocenters. The van der Waals surface area contributed by atoms with E-state index in [9.17, 15) is 0 Å². The fourth-order valence-corrected chi connectivity index (χ4v) is 2.98. The minimum Gasteiger partial charge on any atom is -0.493 e. The average Bonchev–Trinajstić information content (AvgIpc) is 2.84. The smallest absolute Gasteiger partial charge is 0.164 e. The van der Waals surface area contributed by atoms with Gasteiger partial charge in [0, 0.05) is 11.1 Å². The highest BCUT2D eigenvalue weighted by Crippen LogP contribution is 2.40. The third-order valence-corrected chi connectivity index (χ3v) is 3.97. The van der Waals surface area contributed by atoms with Crippen molar-refractivity contribution in [3.05, 3.63) is 23.3 Å². The summed E-state index contributed by atoms with van der Waals surface area (Å²) in [6, 6.07) is 4.19. The Balaban J connectivity index is 2.54. The Bertz CT molecular complexity index is 423. The molecule has 0 aromatic heterocycles. The van der Waals surface area contributed by atoms with E-state index in [-0.39, 0.29) is 5.54 Å². The van der Waals surface area contributed by atoms with Crippen molar-refractivity contribution in [1.82, 2.24) is 5.32 Å². The van der Waals surface area contributed by atoms with E-state index >= 15 is 0 Å². The Kier molecular flexibility index (Phi) is 3.81. The number of ether oxygens (including phenoxy) is 2. The van der Waals surface area contributed by atoms with E-state index in [0.717, 1.165) is 24.5 Å². The summed E-state index contributed by atoms with van der Waals surface area (Å²) >= 11 is 0. The van der Waals surface area contributed by atoms with Crippen molar-refractivity contribution in [3.8, 4) is 11.5 Å². The molecule has 0 amide bonds. The minimum absolute atomic E-state index is 0.0743. The lowest BCUT2D eigenvalue weighted by molar-refractivity contribution is 0.347. The van der Waals surface area contributed by atoms with Crippen LogP contribution in [0.2, 0.25) is 0 Å². The maximum atomic E-state index is 5.55. The fourth-order valence-electron chi connectivity index (χ4n) is 2.98. The predicted octanol–water partition coefficient (Wildman–Crippen LogP) is 2.86. The molecule has 1 fully saturated rings. The van der Waals surface area contributed by atoms with Gasteiger partial charge in [0.15, 0.2) is 11.5 Å². The number of rotatable bonds is 4. The normalized spacial score (nSPS) is 23.1. The second-order valence-corrected chi connectivity index (χ2v) is 5.04. The van der Waals surface area contributed by atoms with E-state index in [1.807, 2.05) is 6.07 Å². The van der Waals surface area contributed by atoms with Crippen LogP contribution >= 0.6 is 0 Å². The van der Waals surface area contributed by atoms with Gasteiger partial charge < -0.3 is 14.8 Å². The van der Waals surface area contributed by atoms with E-state index in [2.05, 4.69) is 25.2 Å². The van der Waals surface area contributed by atoms with Gasteiger partial charge in [0.05, 0.1) is 14.2 Å². The monoisotopic (exact) mass is 249 g/mol. The quantitative estimate of drug-likeness (QED) is 0.890. The van der Waals surface area contributed by atoms with Crippen molar-refractivity contribution in [2.24, 2.45) is 0 Å². The molecule has 1 aliphatic heterocycles. The van der Waals surface area contributed by atoms with Crippen molar-refractivity contribution >= 4 is 0 Å². The molecule has 1 aromatic carbocycles. The molecular formula is C15H23NO2. The summed E-state index contributed by atoms with van der Waals surface area (Å²) in [5.41, 5.74) is 2.68. The van der Waals surface area contributed by atoms with Gasteiger partial charge in [-0.15, -0.1) is 0 Å². The van der Waals surface area contributed by atoms with Crippen LogP contribution in [0.4, 0.5) is 0 Å². The first-order chi connectivity index (χ1) is 8.66. The zero-order valence-corrected chi connectivity index (χ0v) is 11.8. The summed E-state index contributed by atoms with van der Waals surface area (Å²) in [4.78, 5) is 0. The Morgan fingerprint density at radius 3 is 2.56 bits per heavy atom. The number of methoxy groups -OCH3 is 2. The summed E-state index contributed by atoms with van der Waals surface area (Å²) < 4.78 is 10.9. The van der Waals surface area contributed by atoms with Crippen LogP contribution in [0.25, 0.3) is 0 Å². The molecule has 1 N–H and O–H groups in total. The number of hydrogen-bond acceptors (Lipinski definition) is 3. The van der Waals surface area contributed by atoms with Crippen LogP contribution in [-0.4, -0.2) is 20.8 Å². The van der Waals surface area contributed by atoms with Crippen LogP contribution in [0.3, 0.4) is 0 Å². The van der Waals surface area contributed by atoms with Gasteiger partial charge in [-0.05, 0) is 44.4 Å². The SMILES string of the molecule is CCc1c(C2(C)CCCN2)ccc(OC)c1OC. The van der Waals surface area contributed by atoms with Crippen LogP contribution in [0.1, 0.15) is 37.8 Å². The third-order valence-electron chi connectivity index (χ3n) is 3.97. The highest BCUT2D eigenvalue weighted by molar-refractivity contribution is 5.53. The van der Waals surface area contributed by atoms with Crippen LogP contribution in [-0.2, 0) is 12.0 Å². The molecule has 3 heteroatoms. The van der Waals surface area contributed by atoms with Gasteiger partial charge in [0.25, 0.3) is 0 Å². The molecule has 0 spiro atoms. The van der Waals surface area contributed by atoms with Crippen molar-refractivity contribution in [3.63, 3.8) is 0 Å². The molecule has 1 aliphatic rings. The molecule has 1 saturated heterocycles. The van der Waals surface area contributed by atoms with Gasteiger partial charge >= 0.3 is 0 Å².